The van der Waals surface area contributed by atoms with E-state index in [1.807, 2.05) is 0 Å². The van der Waals surface area contributed by atoms with Crippen LogP contribution in [0.2, 0.25) is 0 Å². The van der Waals surface area contributed by atoms with Crippen LogP contribution in [0.3, 0.4) is 0 Å². The molecule has 2 saturated carbocycles. The number of rotatable bonds is 2. The number of esters is 1. The van der Waals surface area contributed by atoms with E-state index in [1.54, 1.807) is 4.90 Å². The molecule has 94 valence electrons. The lowest BCUT2D eigenvalue weighted by Crippen LogP contribution is -2.42. The second-order valence-corrected chi connectivity index (χ2v) is 5.50. The Balaban J connectivity index is 1.67. The van der Waals surface area contributed by atoms with Gasteiger partial charge < -0.3 is 9.64 Å². The molecule has 3 atom stereocenters. The summed E-state index contributed by atoms with van der Waals surface area (Å²) in [5.74, 6) is 1.45. The largest absolute Gasteiger partial charge is 0.467 e. The molecule has 0 N–H and O–H groups in total. The average molecular weight is 237 g/mol. The Morgan fingerprint density at radius 1 is 1.12 bits per heavy atom. The van der Waals surface area contributed by atoms with E-state index in [2.05, 4.69) is 0 Å². The van der Waals surface area contributed by atoms with Crippen molar-refractivity contribution < 1.29 is 14.3 Å². The number of methoxy groups -OCH3 is 1. The highest BCUT2D eigenvalue weighted by Gasteiger charge is 2.58. The van der Waals surface area contributed by atoms with Crippen LogP contribution < -0.4 is 0 Å². The van der Waals surface area contributed by atoms with Gasteiger partial charge in [0.25, 0.3) is 0 Å². The highest BCUT2D eigenvalue weighted by molar-refractivity contribution is 5.88. The first-order chi connectivity index (χ1) is 8.24. The minimum absolute atomic E-state index is 0.215. The first-order valence-electron chi connectivity index (χ1n) is 6.62. The summed E-state index contributed by atoms with van der Waals surface area (Å²) in [7, 11) is 1.40. The molecule has 0 aromatic heterocycles. The molecular weight excluding hydrogens is 218 g/mol. The van der Waals surface area contributed by atoms with Crippen molar-refractivity contribution in [2.45, 2.75) is 38.1 Å². The van der Waals surface area contributed by atoms with E-state index >= 15 is 0 Å². The standard InChI is InChI=1S/C13H19NO3/c1-17-13(16)10-6-3-7-14(10)12(15)11-8-4-2-5-9(8)11/h8-11H,2-7H2,1H3. The van der Waals surface area contributed by atoms with Gasteiger partial charge in [-0.1, -0.05) is 6.42 Å². The van der Waals surface area contributed by atoms with Crippen molar-refractivity contribution >= 4 is 11.9 Å². The summed E-state index contributed by atoms with van der Waals surface area (Å²) in [6, 6.07) is -0.311. The van der Waals surface area contributed by atoms with Gasteiger partial charge in [0.2, 0.25) is 5.91 Å². The molecule has 0 spiro atoms. The normalized spacial score (nSPS) is 39.0. The lowest BCUT2D eigenvalue weighted by atomic mass is 10.1. The van der Waals surface area contributed by atoms with Crippen LogP contribution in [0.25, 0.3) is 0 Å². The van der Waals surface area contributed by atoms with Crippen LogP contribution in [-0.2, 0) is 14.3 Å². The monoisotopic (exact) mass is 237 g/mol. The Hall–Kier alpha value is -1.06. The number of hydrogen-bond acceptors (Lipinski definition) is 3. The molecule has 2 aliphatic carbocycles. The van der Waals surface area contributed by atoms with Gasteiger partial charge in [0.1, 0.15) is 6.04 Å². The molecular formula is C13H19NO3. The van der Waals surface area contributed by atoms with Crippen LogP contribution in [0, 0.1) is 17.8 Å². The first-order valence-corrected chi connectivity index (χ1v) is 6.62. The van der Waals surface area contributed by atoms with Crippen LogP contribution in [0.4, 0.5) is 0 Å². The predicted molar refractivity (Wildman–Crippen MR) is 61.1 cm³/mol. The van der Waals surface area contributed by atoms with Gasteiger partial charge in [-0.25, -0.2) is 4.79 Å². The number of hydrogen-bond donors (Lipinski definition) is 0. The molecule has 4 nitrogen and oxygen atoms in total. The molecule has 3 unspecified atom stereocenters. The molecule has 0 aromatic carbocycles. The number of fused-ring (bicyclic) bond motifs is 1. The van der Waals surface area contributed by atoms with Crippen LogP contribution in [0.5, 0.6) is 0 Å². The fraction of sp³-hybridized carbons (Fsp3) is 0.846. The summed E-state index contributed by atoms with van der Waals surface area (Å²) < 4.78 is 4.78. The van der Waals surface area contributed by atoms with Gasteiger partial charge in [-0.3, -0.25) is 4.79 Å². The highest BCUT2D eigenvalue weighted by Crippen LogP contribution is 2.58. The summed E-state index contributed by atoms with van der Waals surface area (Å²) >= 11 is 0. The number of ether oxygens (including phenoxy) is 1. The molecule has 0 bridgehead atoms. The fourth-order valence-electron chi connectivity index (χ4n) is 3.79. The van der Waals surface area contributed by atoms with E-state index in [-0.39, 0.29) is 23.8 Å². The van der Waals surface area contributed by atoms with Crippen molar-refractivity contribution in [1.29, 1.82) is 0 Å². The number of carbonyl (C=O) groups excluding carboxylic acids is 2. The van der Waals surface area contributed by atoms with E-state index in [1.165, 1.54) is 26.4 Å². The van der Waals surface area contributed by atoms with Crippen molar-refractivity contribution in [3.05, 3.63) is 0 Å². The van der Waals surface area contributed by atoms with E-state index in [0.717, 1.165) is 19.4 Å². The summed E-state index contributed by atoms with van der Waals surface area (Å²) in [6.07, 6.45) is 5.38. The minimum Gasteiger partial charge on any atom is -0.467 e. The Morgan fingerprint density at radius 2 is 1.82 bits per heavy atom. The van der Waals surface area contributed by atoms with Crippen LogP contribution in [0.1, 0.15) is 32.1 Å². The second kappa shape index (κ2) is 4.00. The van der Waals surface area contributed by atoms with E-state index in [0.29, 0.717) is 11.8 Å². The molecule has 1 amide bonds. The third-order valence-electron chi connectivity index (χ3n) is 4.70. The van der Waals surface area contributed by atoms with Crippen LogP contribution in [-0.4, -0.2) is 36.5 Å². The third kappa shape index (κ3) is 1.65. The van der Waals surface area contributed by atoms with Gasteiger partial charge in [-0.15, -0.1) is 0 Å². The topological polar surface area (TPSA) is 46.6 Å². The van der Waals surface area contributed by atoms with Crippen molar-refractivity contribution in [2.24, 2.45) is 17.8 Å². The van der Waals surface area contributed by atoms with Crippen LogP contribution >= 0.6 is 0 Å². The van der Waals surface area contributed by atoms with E-state index in [9.17, 15) is 9.59 Å². The Morgan fingerprint density at radius 3 is 2.47 bits per heavy atom. The van der Waals surface area contributed by atoms with Crippen molar-refractivity contribution in [1.82, 2.24) is 4.90 Å². The Bertz CT molecular complexity index is 345. The Labute approximate surface area is 101 Å². The molecule has 0 radical (unpaired) electrons. The zero-order valence-corrected chi connectivity index (χ0v) is 10.2. The molecule has 1 aliphatic heterocycles. The lowest BCUT2D eigenvalue weighted by Gasteiger charge is -2.23. The van der Waals surface area contributed by atoms with Crippen LogP contribution in [0.15, 0.2) is 0 Å². The van der Waals surface area contributed by atoms with Crippen molar-refractivity contribution in [3.8, 4) is 0 Å². The van der Waals surface area contributed by atoms with E-state index in [4.69, 9.17) is 4.74 Å². The summed E-state index contributed by atoms with van der Waals surface area (Å²) in [5, 5.41) is 0. The van der Waals surface area contributed by atoms with E-state index < -0.39 is 0 Å². The average Bonchev–Trinajstić information content (AvgIpc) is 2.80. The quantitative estimate of drug-likeness (QED) is 0.678. The summed E-state index contributed by atoms with van der Waals surface area (Å²) in [6.45, 7) is 0.731. The molecule has 1 heterocycles. The first kappa shape index (κ1) is 11.1. The Kier molecular flexibility index (Phi) is 2.60. The van der Waals surface area contributed by atoms with Gasteiger partial charge in [-0.2, -0.15) is 0 Å². The lowest BCUT2D eigenvalue weighted by molar-refractivity contribution is -0.151. The second-order valence-electron chi connectivity index (χ2n) is 5.50. The maximum absolute atomic E-state index is 12.4. The van der Waals surface area contributed by atoms with Gasteiger partial charge >= 0.3 is 5.97 Å². The predicted octanol–water partition coefficient (Wildman–Crippen LogP) is 1.20. The number of amides is 1. The van der Waals surface area contributed by atoms with Gasteiger partial charge in [0, 0.05) is 12.5 Å². The molecule has 1 saturated heterocycles. The number of likely N-dealkylation sites (tertiary alicyclic amines) is 1. The molecule has 3 rings (SSSR count). The van der Waals surface area contributed by atoms with Gasteiger partial charge in [-0.05, 0) is 37.5 Å². The molecule has 0 aromatic rings. The smallest absolute Gasteiger partial charge is 0.328 e. The number of nitrogens with zero attached hydrogens (tertiary/aromatic N) is 1. The third-order valence-corrected chi connectivity index (χ3v) is 4.70. The minimum atomic E-state index is -0.311. The van der Waals surface area contributed by atoms with Crippen molar-refractivity contribution in [3.63, 3.8) is 0 Å². The van der Waals surface area contributed by atoms with Gasteiger partial charge in [0.15, 0.2) is 0 Å². The zero-order chi connectivity index (χ0) is 12.0. The number of carbonyl (C=O) groups is 2. The zero-order valence-electron chi connectivity index (χ0n) is 10.2. The maximum Gasteiger partial charge on any atom is 0.328 e. The fourth-order valence-corrected chi connectivity index (χ4v) is 3.79. The summed E-state index contributed by atoms with van der Waals surface area (Å²) in [4.78, 5) is 25.7. The highest BCUT2D eigenvalue weighted by atomic mass is 16.5. The maximum atomic E-state index is 12.4. The SMILES string of the molecule is COC(=O)C1CCCN1C(=O)C1C2CCCC21. The molecule has 3 fully saturated rings. The van der Waals surface area contributed by atoms with Gasteiger partial charge in [0.05, 0.1) is 7.11 Å². The molecule has 4 heteroatoms. The molecule has 17 heavy (non-hydrogen) atoms. The summed E-state index contributed by atoms with van der Waals surface area (Å²) in [5.41, 5.74) is 0. The molecule has 3 aliphatic rings. The van der Waals surface area contributed by atoms with Crippen molar-refractivity contribution in [2.75, 3.05) is 13.7 Å².